The van der Waals surface area contributed by atoms with Gasteiger partial charge >= 0.3 is 12.4 Å². The maximum Gasteiger partial charge on any atom is 0.416 e. The van der Waals surface area contributed by atoms with Crippen molar-refractivity contribution in [2.45, 2.75) is 18.8 Å². The van der Waals surface area contributed by atoms with Crippen molar-refractivity contribution in [2.24, 2.45) is 0 Å². The number of hydrogen-bond donors (Lipinski definition) is 1. The summed E-state index contributed by atoms with van der Waals surface area (Å²) in [6.07, 6.45) is -10.1. The molecule has 8 heteroatoms. The van der Waals surface area contributed by atoms with Crippen molar-refractivity contribution in [3.8, 4) is 0 Å². The summed E-state index contributed by atoms with van der Waals surface area (Å²) < 4.78 is 72.7. The molecule has 1 aromatic carbocycles. The number of hydrogen-bond acceptors (Lipinski definition) is 1. The Hall–Kier alpha value is -1.11. The molecule has 0 aromatic heterocycles. The predicted molar refractivity (Wildman–Crippen MR) is 55.6 cm³/mol. The van der Waals surface area contributed by atoms with E-state index in [9.17, 15) is 26.3 Å². The van der Waals surface area contributed by atoms with E-state index in [-0.39, 0.29) is 10.7 Å². The smallest absolute Gasteiger partial charge is 0.383 e. The van der Waals surface area contributed by atoms with E-state index in [1.807, 2.05) is 0 Å². The van der Waals surface area contributed by atoms with Gasteiger partial charge in [0.05, 0.1) is 22.7 Å². The number of nitrogens with one attached hydrogen (secondary N) is 1. The average Bonchev–Trinajstić information content (AvgIpc) is 2.17. The molecule has 0 saturated heterocycles. The van der Waals surface area contributed by atoms with Crippen molar-refractivity contribution in [1.29, 1.82) is 0 Å². The molecule has 0 aliphatic heterocycles. The van der Waals surface area contributed by atoms with E-state index in [1.165, 1.54) is 0 Å². The minimum absolute atomic E-state index is 0.0647. The molecule has 18 heavy (non-hydrogen) atoms. The second-order valence-corrected chi connectivity index (χ2v) is 3.89. The molecule has 0 bridgehead atoms. The van der Waals surface area contributed by atoms with Crippen LogP contribution in [0, 0.1) is 0 Å². The van der Waals surface area contributed by atoms with Gasteiger partial charge < -0.3 is 5.32 Å². The Labute approximate surface area is 104 Å². The fourth-order valence-electron chi connectivity index (χ4n) is 1.18. The van der Waals surface area contributed by atoms with Gasteiger partial charge in [-0.2, -0.15) is 26.3 Å². The van der Waals surface area contributed by atoms with Gasteiger partial charge in [0.15, 0.2) is 0 Å². The highest BCUT2D eigenvalue weighted by Crippen LogP contribution is 2.34. The van der Waals surface area contributed by atoms with Gasteiger partial charge in [-0.15, -0.1) is 0 Å². The van der Waals surface area contributed by atoms with E-state index >= 15 is 0 Å². The van der Waals surface area contributed by atoms with Crippen LogP contribution in [0.5, 0.6) is 0 Å². The lowest BCUT2D eigenvalue weighted by molar-refractivity contribution is -0.137. The highest BCUT2D eigenvalue weighted by Gasteiger charge is 2.31. The molecule has 1 nitrogen and oxygen atoms in total. The number of alkyl halides is 6. The fourth-order valence-corrected chi connectivity index (χ4v) is 1.36. The fraction of sp³-hybridized carbons (Fsp3) is 0.400. The lowest BCUT2D eigenvalue weighted by atomic mass is 10.2. The van der Waals surface area contributed by atoms with Gasteiger partial charge in [0.1, 0.15) is 0 Å². The van der Waals surface area contributed by atoms with Crippen molar-refractivity contribution >= 4 is 17.3 Å². The van der Waals surface area contributed by atoms with Crippen LogP contribution in [0.2, 0.25) is 5.02 Å². The first kappa shape index (κ1) is 14.9. The maximum atomic E-state index is 12.4. The number of halogens is 7. The monoisotopic (exact) mass is 291 g/mol. The van der Waals surface area contributed by atoms with Crippen LogP contribution in [0.3, 0.4) is 0 Å². The SMILES string of the molecule is FC(F)(F)CCNc1cc(C(F)(F)F)ccc1Cl. The molecule has 0 amide bonds. The van der Waals surface area contributed by atoms with Crippen LogP contribution in [-0.4, -0.2) is 12.7 Å². The van der Waals surface area contributed by atoms with Crippen LogP contribution in [0.4, 0.5) is 32.0 Å². The Kier molecular flexibility index (Phi) is 4.37. The average molecular weight is 292 g/mol. The summed E-state index contributed by atoms with van der Waals surface area (Å²) in [6, 6.07) is 2.43. The normalized spacial score (nSPS) is 12.6. The van der Waals surface area contributed by atoms with Gasteiger partial charge in [0.25, 0.3) is 0 Å². The molecular weight excluding hydrogens is 284 g/mol. The summed E-state index contributed by atoms with van der Waals surface area (Å²) in [5.41, 5.74) is -1.14. The molecule has 0 saturated carbocycles. The Bertz CT molecular complexity index is 412. The molecule has 0 spiro atoms. The summed E-state index contributed by atoms with van der Waals surface area (Å²) >= 11 is 5.59. The number of anilines is 1. The van der Waals surface area contributed by atoms with Gasteiger partial charge in [0.2, 0.25) is 0 Å². The zero-order chi connectivity index (χ0) is 14.0. The van der Waals surface area contributed by atoms with Gasteiger partial charge in [-0.3, -0.25) is 0 Å². The van der Waals surface area contributed by atoms with Crippen LogP contribution in [0.1, 0.15) is 12.0 Å². The Morgan fingerprint density at radius 3 is 2.17 bits per heavy atom. The molecule has 0 aliphatic rings. The van der Waals surface area contributed by atoms with Gasteiger partial charge in [-0.1, -0.05) is 11.6 Å². The quantitative estimate of drug-likeness (QED) is 0.794. The van der Waals surface area contributed by atoms with Crippen molar-refractivity contribution in [1.82, 2.24) is 0 Å². The highest BCUT2D eigenvalue weighted by atomic mass is 35.5. The van der Waals surface area contributed by atoms with Gasteiger partial charge in [0, 0.05) is 6.54 Å². The Balaban J connectivity index is 2.76. The third kappa shape index (κ3) is 4.64. The summed E-state index contributed by atoms with van der Waals surface area (Å²) in [4.78, 5) is 0. The second kappa shape index (κ2) is 5.26. The molecule has 0 aliphatic carbocycles. The highest BCUT2D eigenvalue weighted by molar-refractivity contribution is 6.33. The minimum Gasteiger partial charge on any atom is -0.383 e. The molecule has 102 valence electrons. The van der Waals surface area contributed by atoms with E-state index in [2.05, 4.69) is 5.32 Å². The molecule has 0 heterocycles. The topological polar surface area (TPSA) is 12.0 Å². The van der Waals surface area contributed by atoms with Crippen LogP contribution in [-0.2, 0) is 6.18 Å². The standard InChI is InChI=1S/C10H8ClF6N/c11-7-2-1-6(10(15,16)17)5-8(7)18-4-3-9(12,13)14/h1-2,5,18H,3-4H2. The first-order chi connectivity index (χ1) is 8.09. The molecular formula is C10H8ClF6N. The van der Waals surface area contributed by atoms with E-state index in [0.29, 0.717) is 6.07 Å². The lowest BCUT2D eigenvalue weighted by Gasteiger charge is -2.13. The number of benzene rings is 1. The van der Waals surface area contributed by atoms with Crippen LogP contribution in [0.25, 0.3) is 0 Å². The van der Waals surface area contributed by atoms with E-state index in [0.717, 1.165) is 12.1 Å². The second-order valence-electron chi connectivity index (χ2n) is 3.48. The van der Waals surface area contributed by atoms with E-state index in [1.54, 1.807) is 0 Å². The predicted octanol–water partition coefficient (Wildman–Crippen LogP) is 4.72. The summed E-state index contributed by atoms with van der Waals surface area (Å²) in [5.74, 6) is 0. The van der Waals surface area contributed by atoms with E-state index in [4.69, 9.17) is 11.6 Å². The van der Waals surface area contributed by atoms with Crippen molar-refractivity contribution < 1.29 is 26.3 Å². The zero-order valence-corrected chi connectivity index (χ0v) is 9.55. The molecule has 0 unspecified atom stereocenters. The van der Waals surface area contributed by atoms with Crippen molar-refractivity contribution in [2.75, 3.05) is 11.9 Å². The Morgan fingerprint density at radius 1 is 1.06 bits per heavy atom. The first-order valence-corrected chi connectivity index (χ1v) is 5.15. The minimum atomic E-state index is -4.56. The maximum absolute atomic E-state index is 12.4. The third-order valence-electron chi connectivity index (χ3n) is 2.02. The molecule has 0 radical (unpaired) electrons. The van der Waals surface area contributed by atoms with Crippen LogP contribution < -0.4 is 5.32 Å². The third-order valence-corrected chi connectivity index (χ3v) is 2.35. The summed E-state index contributed by atoms with van der Waals surface area (Å²) in [5, 5.41) is 2.17. The Morgan fingerprint density at radius 2 is 1.67 bits per heavy atom. The zero-order valence-electron chi connectivity index (χ0n) is 8.79. The van der Waals surface area contributed by atoms with Crippen LogP contribution in [0.15, 0.2) is 18.2 Å². The molecule has 1 rings (SSSR count). The van der Waals surface area contributed by atoms with Crippen LogP contribution >= 0.6 is 11.6 Å². The summed E-state index contributed by atoms with van der Waals surface area (Å²) in [6.45, 7) is -0.537. The van der Waals surface area contributed by atoms with Gasteiger partial charge in [-0.05, 0) is 18.2 Å². The molecule has 0 atom stereocenters. The molecule has 1 N–H and O–H groups in total. The molecule has 0 fully saturated rings. The van der Waals surface area contributed by atoms with Gasteiger partial charge in [-0.25, -0.2) is 0 Å². The lowest BCUT2D eigenvalue weighted by Crippen LogP contribution is -2.15. The van der Waals surface area contributed by atoms with E-state index < -0.39 is 30.9 Å². The largest absolute Gasteiger partial charge is 0.416 e. The summed E-state index contributed by atoms with van der Waals surface area (Å²) in [7, 11) is 0. The molecule has 1 aromatic rings. The number of rotatable bonds is 3. The van der Waals surface area contributed by atoms with Crippen molar-refractivity contribution in [3.05, 3.63) is 28.8 Å². The van der Waals surface area contributed by atoms with Crippen molar-refractivity contribution in [3.63, 3.8) is 0 Å². The first-order valence-electron chi connectivity index (χ1n) is 4.77.